The molecule has 3 heterocycles. The van der Waals surface area contributed by atoms with Crippen LogP contribution in [0.2, 0.25) is 0 Å². The van der Waals surface area contributed by atoms with E-state index in [-0.39, 0.29) is 18.5 Å². The number of fused-ring (bicyclic) bond motifs is 2. The summed E-state index contributed by atoms with van der Waals surface area (Å²) in [4.78, 5) is 23.2. The molecule has 144 valence electrons. The van der Waals surface area contributed by atoms with Crippen molar-refractivity contribution in [1.82, 2.24) is 9.97 Å². The highest BCUT2D eigenvalue weighted by Crippen LogP contribution is 2.36. The molecule has 0 bridgehead atoms. The number of thiophene rings is 1. The molecule has 1 aliphatic rings. The topological polar surface area (TPSA) is 73.3 Å². The van der Waals surface area contributed by atoms with Crippen molar-refractivity contribution in [2.75, 3.05) is 17.9 Å². The highest BCUT2D eigenvalue weighted by molar-refractivity contribution is 8.00. The van der Waals surface area contributed by atoms with Crippen molar-refractivity contribution in [2.45, 2.75) is 5.03 Å². The number of amides is 1. The Labute approximate surface area is 174 Å². The summed E-state index contributed by atoms with van der Waals surface area (Å²) < 4.78 is 10.6. The molecule has 0 unspecified atom stereocenters. The number of nitrogens with zero attached hydrogens (tertiary/aromatic N) is 2. The van der Waals surface area contributed by atoms with Crippen LogP contribution in [0.3, 0.4) is 0 Å². The Morgan fingerprint density at radius 1 is 1.07 bits per heavy atom. The van der Waals surface area contributed by atoms with Gasteiger partial charge in [0, 0.05) is 22.0 Å². The van der Waals surface area contributed by atoms with Gasteiger partial charge in [-0.05, 0) is 23.8 Å². The van der Waals surface area contributed by atoms with Gasteiger partial charge in [0.15, 0.2) is 11.5 Å². The smallest absolute Gasteiger partial charge is 0.234 e. The lowest BCUT2D eigenvalue weighted by Crippen LogP contribution is -2.14. The van der Waals surface area contributed by atoms with Gasteiger partial charge in [0.25, 0.3) is 0 Å². The molecule has 2 aromatic carbocycles. The summed E-state index contributed by atoms with van der Waals surface area (Å²) in [6.45, 7) is 0.206. The van der Waals surface area contributed by atoms with E-state index < -0.39 is 0 Å². The molecule has 8 heteroatoms. The van der Waals surface area contributed by atoms with Crippen molar-refractivity contribution in [1.29, 1.82) is 0 Å². The molecule has 6 nitrogen and oxygen atoms in total. The number of ether oxygens (including phenoxy) is 2. The molecule has 4 aromatic rings. The number of benzene rings is 2. The average molecular weight is 422 g/mol. The molecule has 0 saturated carbocycles. The van der Waals surface area contributed by atoms with Crippen LogP contribution < -0.4 is 14.8 Å². The summed E-state index contributed by atoms with van der Waals surface area (Å²) >= 11 is 3.02. The third kappa shape index (κ3) is 3.76. The summed E-state index contributed by atoms with van der Waals surface area (Å²) in [6, 6.07) is 17.6. The molecule has 0 aliphatic carbocycles. The van der Waals surface area contributed by atoms with Crippen LogP contribution in [-0.4, -0.2) is 28.4 Å². The van der Waals surface area contributed by atoms with E-state index in [1.807, 2.05) is 18.2 Å². The van der Waals surface area contributed by atoms with Crippen molar-refractivity contribution in [3.63, 3.8) is 0 Å². The summed E-state index contributed by atoms with van der Waals surface area (Å²) in [7, 11) is 0. The van der Waals surface area contributed by atoms with Crippen molar-refractivity contribution < 1.29 is 14.3 Å². The minimum Gasteiger partial charge on any atom is -0.454 e. The molecule has 1 N–H and O–H groups in total. The van der Waals surface area contributed by atoms with Crippen LogP contribution in [0.1, 0.15) is 0 Å². The Bertz CT molecular complexity index is 1190. The van der Waals surface area contributed by atoms with Crippen LogP contribution in [0.4, 0.5) is 5.69 Å². The minimum atomic E-state index is -0.112. The maximum atomic E-state index is 12.4. The number of thioether (sulfide) groups is 1. The van der Waals surface area contributed by atoms with Gasteiger partial charge in [0.2, 0.25) is 12.7 Å². The monoisotopic (exact) mass is 421 g/mol. The van der Waals surface area contributed by atoms with Crippen LogP contribution >= 0.6 is 23.1 Å². The number of rotatable bonds is 5. The van der Waals surface area contributed by atoms with Crippen molar-refractivity contribution >= 4 is 44.9 Å². The first-order valence-electron chi connectivity index (χ1n) is 8.88. The normalized spacial score (nSPS) is 12.3. The molecule has 2 aromatic heterocycles. The predicted octanol–water partition coefficient (Wildman–Crippen LogP) is 4.82. The van der Waals surface area contributed by atoms with Gasteiger partial charge in [-0.3, -0.25) is 4.79 Å². The number of carbonyl (C=O) groups excluding carboxylic acids is 1. The Kier molecular flexibility index (Phi) is 4.79. The number of carbonyl (C=O) groups is 1. The molecule has 1 aliphatic heterocycles. The molecule has 0 radical (unpaired) electrons. The maximum Gasteiger partial charge on any atom is 0.234 e. The zero-order valence-corrected chi connectivity index (χ0v) is 16.8. The number of hydrogen-bond acceptors (Lipinski definition) is 7. The molecule has 29 heavy (non-hydrogen) atoms. The fourth-order valence-electron chi connectivity index (χ4n) is 3.00. The van der Waals surface area contributed by atoms with E-state index >= 15 is 0 Å². The van der Waals surface area contributed by atoms with Gasteiger partial charge in [-0.1, -0.05) is 42.1 Å². The van der Waals surface area contributed by atoms with Crippen LogP contribution in [0, 0.1) is 0 Å². The first-order valence-corrected chi connectivity index (χ1v) is 10.7. The van der Waals surface area contributed by atoms with Crippen molar-refractivity contribution in [3.8, 4) is 21.9 Å². The first kappa shape index (κ1) is 18.0. The highest BCUT2D eigenvalue weighted by atomic mass is 32.2. The lowest BCUT2D eigenvalue weighted by Gasteiger charge is -2.06. The Morgan fingerprint density at radius 3 is 2.83 bits per heavy atom. The second-order valence-electron chi connectivity index (χ2n) is 6.28. The van der Waals surface area contributed by atoms with Gasteiger partial charge < -0.3 is 14.8 Å². The molecule has 0 saturated heterocycles. The lowest BCUT2D eigenvalue weighted by atomic mass is 10.2. The van der Waals surface area contributed by atoms with Gasteiger partial charge >= 0.3 is 0 Å². The van der Waals surface area contributed by atoms with Gasteiger partial charge in [-0.2, -0.15) is 0 Å². The van der Waals surface area contributed by atoms with E-state index in [2.05, 4.69) is 33.5 Å². The minimum absolute atomic E-state index is 0.112. The molecular formula is C21H15N3O3S2. The zero-order valence-electron chi connectivity index (χ0n) is 15.1. The first-order chi connectivity index (χ1) is 14.3. The Hall–Kier alpha value is -3.10. The van der Waals surface area contributed by atoms with Gasteiger partial charge in [0.1, 0.15) is 16.2 Å². The predicted molar refractivity (Wildman–Crippen MR) is 115 cm³/mol. The van der Waals surface area contributed by atoms with E-state index in [1.165, 1.54) is 11.8 Å². The summed E-state index contributed by atoms with van der Waals surface area (Å²) in [6.07, 6.45) is 1.55. The van der Waals surface area contributed by atoms with Crippen LogP contribution in [-0.2, 0) is 4.79 Å². The largest absolute Gasteiger partial charge is 0.454 e. The second kappa shape index (κ2) is 7.73. The molecule has 5 rings (SSSR count). The van der Waals surface area contributed by atoms with Gasteiger partial charge in [0.05, 0.1) is 5.75 Å². The maximum absolute atomic E-state index is 12.4. The summed E-state index contributed by atoms with van der Waals surface area (Å²) in [5, 5.41) is 4.65. The summed E-state index contributed by atoms with van der Waals surface area (Å²) in [5.74, 6) is 1.46. The molecule has 0 fully saturated rings. The van der Waals surface area contributed by atoms with E-state index in [9.17, 15) is 4.79 Å². The second-order valence-corrected chi connectivity index (χ2v) is 8.27. The average Bonchev–Trinajstić information content (AvgIpc) is 3.39. The van der Waals surface area contributed by atoms with Gasteiger partial charge in [-0.25, -0.2) is 9.97 Å². The fraction of sp³-hybridized carbons (Fsp3) is 0.0952. The van der Waals surface area contributed by atoms with E-state index in [1.54, 1.807) is 35.9 Å². The molecule has 0 spiro atoms. The Balaban J connectivity index is 1.30. The molecule has 0 atom stereocenters. The lowest BCUT2D eigenvalue weighted by molar-refractivity contribution is -0.113. The van der Waals surface area contributed by atoms with E-state index in [0.717, 1.165) is 25.7 Å². The van der Waals surface area contributed by atoms with Gasteiger partial charge in [-0.15, -0.1) is 11.3 Å². The van der Waals surface area contributed by atoms with E-state index in [4.69, 9.17) is 9.47 Å². The van der Waals surface area contributed by atoms with E-state index in [0.29, 0.717) is 17.2 Å². The number of hydrogen-bond donors (Lipinski definition) is 1. The third-order valence-corrected chi connectivity index (χ3v) is 6.44. The number of anilines is 1. The standard InChI is InChI=1S/C21H15N3O3S2/c25-19(24-14-6-7-16-17(8-14)27-12-26-16)10-28-20-15-9-18(13-4-2-1-3-5-13)29-21(15)23-11-22-20/h1-9,11H,10,12H2,(H,24,25). The highest BCUT2D eigenvalue weighted by Gasteiger charge is 2.15. The molecule has 1 amide bonds. The third-order valence-electron chi connectivity index (χ3n) is 4.35. The molecular weight excluding hydrogens is 406 g/mol. The zero-order chi connectivity index (χ0) is 19.6. The Morgan fingerprint density at radius 2 is 1.93 bits per heavy atom. The van der Waals surface area contributed by atoms with Crippen LogP contribution in [0.5, 0.6) is 11.5 Å². The van der Waals surface area contributed by atoms with Crippen LogP contribution in [0.25, 0.3) is 20.7 Å². The van der Waals surface area contributed by atoms with Crippen molar-refractivity contribution in [3.05, 3.63) is 60.9 Å². The number of aromatic nitrogens is 2. The summed E-state index contributed by atoms with van der Waals surface area (Å²) in [5.41, 5.74) is 1.82. The quantitative estimate of drug-likeness (QED) is 0.368. The fourth-order valence-corrected chi connectivity index (χ4v) is 4.84. The van der Waals surface area contributed by atoms with Crippen molar-refractivity contribution in [2.24, 2.45) is 0 Å². The SMILES string of the molecule is O=C(CSc1ncnc2sc(-c3ccccc3)cc12)Nc1ccc2c(c1)OCO2. The number of nitrogens with one attached hydrogen (secondary N) is 1. The van der Waals surface area contributed by atoms with Crippen LogP contribution in [0.15, 0.2) is 66.0 Å².